The molecule has 160 valence electrons. The molecule has 0 aliphatic heterocycles. The zero-order valence-electron chi connectivity index (χ0n) is 17.2. The van der Waals surface area contributed by atoms with Gasteiger partial charge < -0.3 is 15.8 Å². The van der Waals surface area contributed by atoms with Crippen molar-refractivity contribution in [1.29, 1.82) is 0 Å². The van der Waals surface area contributed by atoms with Crippen molar-refractivity contribution in [3.63, 3.8) is 0 Å². The number of hydrogen-bond acceptors (Lipinski definition) is 6. The third-order valence-electron chi connectivity index (χ3n) is 5.41. The number of carbonyl (C=O) groups is 2. The largest absolute Gasteiger partial charge is 0.465 e. The fraction of sp³-hybridized carbons (Fsp3) is 0.250. The van der Waals surface area contributed by atoms with Gasteiger partial charge in [-0.25, -0.2) is 4.79 Å². The number of thioether (sulfide) groups is 1. The Labute approximate surface area is 190 Å². The average molecular weight is 453 g/mol. The van der Waals surface area contributed by atoms with E-state index in [1.165, 1.54) is 35.8 Å². The molecular weight excluding hydrogens is 428 g/mol. The SMILES string of the molecule is COC(=O)c1c(NC(=O)CSc2cccc(N)c2)sc2c1CCC(c1ccccc1)C2. The highest BCUT2D eigenvalue weighted by Gasteiger charge is 2.30. The van der Waals surface area contributed by atoms with Crippen LogP contribution in [0.1, 0.15) is 38.7 Å². The highest BCUT2D eigenvalue weighted by atomic mass is 32.2. The Hall–Kier alpha value is -2.77. The van der Waals surface area contributed by atoms with Gasteiger partial charge in [0.05, 0.1) is 18.4 Å². The summed E-state index contributed by atoms with van der Waals surface area (Å²) in [4.78, 5) is 27.2. The molecule has 0 saturated carbocycles. The van der Waals surface area contributed by atoms with Crippen molar-refractivity contribution in [2.24, 2.45) is 0 Å². The molecule has 1 aliphatic rings. The number of hydrogen-bond donors (Lipinski definition) is 2. The molecule has 3 N–H and O–H groups in total. The maximum atomic E-state index is 12.6. The van der Waals surface area contributed by atoms with Crippen molar-refractivity contribution in [2.45, 2.75) is 30.1 Å². The zero-order chi connectivity index (χ0) is 21.8. The molecule has 4 rings (SSSR count). The fourth-order valence-electron chi connectivity index (χ4n) is 3.92. The number of rotatable bonds is 6. The minimum absolute atomic E-state index is 0.157. The molecule has 0 spiro atoms. The molecule has 1 amide bonds. The number of esters is 1. The lowest BCUT2D eigenvalue weighted by molar-refractivity contribution is -0.113. The van der Waals surface area contributed by atoms with E-state index in [1.807, 2.05) is 30.3 Å². The molecule has 0 saturated heterocycles. The van der Waals surface area contributed by atoms with Gasteiger partial charge in [0.1, 0.15) is 5.00 Å². The number of methoxy groups -OCH3 is 1. The van der Waals surface area contributed by atoms with Crippen LogP contribution in [0.5, 0.6) is 0 Å². The van der Waals surface area contributed by atoms with Crippen LogP contribution in [0.2, 0.25) is 0 Å². The van der Waals surface area contributed by atoms with Crippen LogP contribution in [0.4, 0.5) is 10.7 Å². The van der Waals surface area contributed by atoms with Crippen molar-refractivity contribution in [3.05, 3.63) is 76.2 Å². The number of nitrogens with one attached hydrogen (secondary N) is 1. The maximum absolute atomic E-state index is 12.6. The van der Waals surface area contributed by atoms with Gasteiger partial charge in [-0.3, -0.25) is 4.79 Å². The van der Waals surface area contributed by atoms with E-state index in [1.54, 1.807) is 0 Å². The Kier molecular flexibility index (Phi) is 6.63. The second-order valence-corrected chi connectivity index (χ2v) is 9.61. The molecule has 5 nitrogen and oxygen atoms in total. The van der Waals surface area contributed by atoms with Crippen LogP contribution in [-0.2, 0) is 22.4 Å². The first-order valence-corrected chi connectivity index (χ1v) is 11.9. The summed E-state index contributed by atoms with van der Waals surface area (Å²) in [5, 5.41) is 3.54. The van der Waals surface area contributed by atoms with Crippen LogP contribution in [0.3, 0.4) is 0 Å². The Morgan fingerprint density at radius 2 is 2.00 bits per heavy atom. The van der Waals surface area contributed by atoms with E-state index in [9.17, 15) is 9.59 Å². The Morgan fingerprint density at radius 3 is 2.74 bits per heavy atom. The summed E-state index contributed by atoms with van der Waals surface area (Å²) in [6.07, 6.45) is 2.63. The van der Waals surface area contributed by atoms with Crippen LogP contribution in [0, 0.1) is 0 Å². The van der Waals surface area contributed by atoms with Gasteiger partial charge in [-0.05, 0) is 54.5 Å². The monoisotopic (exact) mass is 452 g/mol. The van der Waals surface area contributed by atoms with E-state index in [0.717, 1.165) is 34.6 Å². The van der Waals surface area contributed by atoms with E-state index in [2.05, 4.69) is 29.6 Å². The number of benzene rings is 2. The summed E-state index contributed by atoms with van der Waals surface area (Å²) in [5.41, 5.74) is 9.30. The molecule has 1 unspecified atom stereocenters. The highest BCUT2D eigenvalue weighted by molar-refractivity contribution is 8.00. The van der Waals surface area contributed by atoms with Gasteiger partial charge in [-0.15, -0.1) is 23.1 Å². The molecule has 31 heavy (non-hydrogen) atoms. The Balaban J connectivity index is 1.51. The predicted molar refractivity (Wildman–Crippen MR) is 127 cm³/mol. The predicted octanol–water partition coefficient (Wildman–Crippen LogP) is 5.12. The lowest BCUT2D eigenvalue weighted by Crippen LogP contribution is -2.17. The summed E-state index contributed by atoms with van der Waals surface area (Å²) < 4.78 is 5.03. The summed E-state index contributed by atoms with van der Waals surface area (Å²) in [6.45, 7) is 0. The van der Waals surface area contributed by atoms with Crippen molar-refractivity contribution >= 4 is 45.7 Å². The summed E-state index contributed by atoms with van der Waals surface area (Å²) in [6, 6.07) is 17.9. The van der Waals surface area contributed by atoms with Gasteiger partial charge in [0.2, 0.25) is 5.91 Å². The molecule has 1 atom stereocenters. The van der Waals surface area contributed by atoms with E-state index >= 15 is 0 Å². The average Bonchev–Trinajstić information content (AvgIpc) is 3.14. The van der Waals surface area contributed by atoms with E-state index in [4.69, 9.17) is 10.5 Å². The number of nitrogen functional groups attached to an aromatic ring is 1. The number of thiophene rings is 1. The lowest BCUT2D eigenvalue weighted by atomic mass is 9.83. The van der Waals surface area contributed by atoms with Crippen molar-refractivity contribution in [2.75, 3.05) is 23.9 Å². The van der Waals surface area contributed by atoms with Gasteiger partial charge in [0, 0.05) is 15.5 Å². The smallest absolute Gasteiger partial charge is 0.341 e. The number of fused-ring (bicyclic) bond motifs is 1. The Bertz CT molecular complexity index is 1100. The van der Waals surface area contributed by atoms with Gasteiger partial charge in [0.15, 0.2) is 0 Å². The molecule has 1 heterocycles. The van der Waals surface area contributed by atoms with Gasteiger partial charge in [-0.1, -0.05) is 36.4 Å². The standard InChI is InChI=1S/C24H24N2O3S2/c1-29-24(28)22-19-11-10-16(15-6-3-2-4-7-15)12-20(19)31-23(22)26-21(27)14-30-18-9-5-8-17(25)13-18/h2-9,13,16H,10-12,14,25H2,1H3,(H,26,27). The van der Waals surface area contributed by atoms with Crippen molar-refractivity contribution in [1.82, 2.24) is 0 Å². The molecule has 2 aromatic carbocycles. The first-order chi connectivity index (χ1) is 15.0. The normalized spacial score (nSPS) is 15.2. The van der Waals surface area contributed by atoms with Gasteiger partial charge >= 0.3 is 5.97 Å². The molecule has 0 bridgehead atoms. The summed E-state index contributed by atoms with van der Waals surface area (Å²) >= 11 is 2.91. The van der Waals surface area contributed by atoms with E-state index in [-0.39, 0.29) is 11.7 Å². The highest BCUT2D eigenvalue weighted by Crippen LogP contribution is 2.42. The quantitative estimate of drug-likeness (QED) is 0.308. The van der Waals surface area contributed by atoms with E-state index in [0.29, 0.717) is 22.2 Å². The van der Waals surface area contributed by atoms with Gasteiger partial charge in [0.25, 0.3) is 0 Å². The minimum Gasteiger partial charge on any atom is -0.465 e. The molecule has 0 fully saturated rings. The van der Waals surface area contributed by atoms with Crippen molar-refractivity contribution < 1.29 is 14.3 Å². The van der Waals surface area contributed by atoms with Crippen LogP contribution >= 0.6 is 23.1 Å². The molecule has 0 radical (unpaired) electrons. The summed E-state index contributed by atoms with van der Waals surface area (Å²) in [7, 11) is 1.38. The van der Waals surface area contributed by atoms with Gasteiger partial charge in [-0.2, -0.15) is 0 Å². The molecule has 3 aromatic rings. The van der Waals surface area contributed by atoms with Crippen LogP contribution in [-0.4, -0.2) is 24.7 Å². The second kappa shape index (κ2) is 9.58. The fourth-order valence-corrected chi connectivity index (χ4v) is 6.01. The number of carbonyl (C=O) groups excluding carboxylic acids is 2. The number of anilines is 2. The van der Waals surface area contributed by atoms with Crippen LogP contribution in [0.25, 0.3) is 0 Å². The van der Waals surface area contributed by atoms with Crippen molar-refractivity contribution in [3.8, 4) is 0 Å². The minimum atomic E-state index is -0.394. The lowest BCUT2D eigenvalue weighted by Gasteiger charge is -2.22. The maximum Gasteiger partial charge on any atom is 0.341 e. The third-order valence-corrected chi connectivity index (χ3v) is 7.57. The number of nitrogens with two attached hydrogens (primary N) is 1. The number of ether oxygens (including phenoxy) is 1. The van der Waals surface area contributed by atoms with Crippen LogP contribution < -0.4 is 11.1 Å². The molecular formula is C24H24N2O3S2. The first kappa shape index (κ1) is 21.5. The molecule has 7 heteroatoms. The van der Waals surface area contributed by atoms with Crippen LogP contribution in [0.15, 0.2) is 59.5 Å². The first-order valence-electron chi connectivity index (χ1n) is 10.1. The topological polar surface area (TPSA) is 81.4 Å². The molecule has 1 aliphatic carbocycles. The number of amides is 1. The second-order valence-electron chi connectivity index (χ2n) is 7.46. The van der Waals surface area contributed by atoms with E-state index < -0.39 is 5.97 Å². The summed E-state index contributed by atoms with van der Waals surface area (Å²) in [5.74, 6) is 0.102. The Morgan fingerprint density at radius 1 is 1.19 bits per heavy atom. The molecule has 1 aromatic heterocycles. The zero-order valence-corrected chi connectivity index (χ0v) is 18.9. The third kappa shape index (κ3) is 4.94.